The minimum Gasteiger partial charge on any atom is -0.465 e. The van der Waals surface area contributed by atoms with Gasteiger partial charge in [-0.25, -0.2) is 0 Å². The summed E-state index contributed by atoms with van der Waals surface area (Å²) in [5.74, 6) is -0.600. The molecule has 0 aromatic heterocycles. The van der Waals surface area contributed by atoms with Crippen LogP contribution in [0.5, 0.6) is 0 Å². The van der Waals surface area contributed by atoms with Crippen molar-refractivity contribution in [2.75, 3.05) is 26.3 Å². The Morgan fingerprint density at radius 2 is 1.22 bits per heavy atom. The zero-order valence-corrected chi connectivity index (χ0v) is 26.4. The second-order valence-corrected chi connectivity index (χ2v) is 14.5. The molecule has 2 aliphatic carbocycles. The molecule has 2 unspecified atom stereocenters. The Hall–Kier alpha value is -2.00. The number of esters is 3. The van der Waals surface area contributed by atoms with E-state index in [2.05, 4.69) is 52.2 Å². The molecule has 0 aliphatic heterocycles. The lowest BCUT2D eigenvalue weighted by Crippen LogP contribution is -2.45. The standard InChI is InChI=1S/C32H56N2O7/c1-31(2,3)21-33-25(18-35)16-28(36)39-19-23-12-14-24(15-13-23)20-40-29(37)17-27(34-22-32(4,5)6)30(38)41-26-10-8-7-9-11-26/h18,23-27,33-34H,7-17,19-22H2,1-6H3. The molecule has 2 atom stereocenters. The third-order valence-electron chi connectivity index (χ3n) is 7.74. The Morgan fingerprint density at radius 1 is 0.732 bits per heavy atom. The Bertz CT molecular complexity index is 819. The average molecular weight is 581 g/mol. The summed E-state index contributed by atoms with van der Waals surface area (Å²) in [5, 5.41) is 6.35. The molecule has 9 heteroatoms. The van der Waals surface area contributed by atoms with Gasteiger partial charge in [0.15, 0.2) is 0 Å². The number of carbonyl (C=O) groups is 4. The van der Waals surface area contributed by atoms with Gasteiger partial charge in [-0.3, -0.25) is 14.4 Å². The van der Waals surface area contributed by atoms with Crippen molar-refractivity contribution >= 4 is 24.2 Å². The molecule has 0 aromatic rings. The number of ether oxygens (including phenoxy) is 3. The summed E-state index contributed by atoms with van der Waals surface area (Å²) in [7, 11) is 0. The van der Waals surface area contributed by atoms with Crippen LogP contribution in [-0.2, 0) is 33.4 Å². The third-order valence-corrected chi connectivity index (χ3v) is 7.74. The van der Waals surface area contributed by atoms with E-state index in [1.807, 2.05) is 0 Å². The highest BCUT2D eigenvalue weighted by molar-refractivity contribution is 5.82. The van der Waals surface area contributed by atoms with E-state index in [-0.39, 0.29) is 53.6 Å². The zero-order chi connectivity index (χ0) is 30.5. The van der Waals surface area contributed by atoms with Crippen LogP contribution < -0.4 is 10.6 Å². The van der Waals surface area contributed by atoms with Gasteiger partial charge in [0.05, 0.1) is 32.1 Å². The third kappa shape index (κ3) is 15.7. The first-order valence-electron chi connectivity index (χ1n) is 15.7. The van der Waals surface area contributed by atoms with E-state index in [1.165, 1.54) is 6.42 Å². The molecule has 2 rings (SSSR count). The lowest BCUT2D eigenvalue weighted by molar-refractivity contribution is -0.158. The highest BCUT2D eigenvalue weighted by atomic mass is 16.5. The van der Waals surface area contributed by atoms with E-state index < -0.39 is 18.1 Å². The molecule has 0 heterocycles. The van der Waals surface area contributed by atoms with Crippen LogP contribution in [0.15, 0.2) is 0 Å². The summed E-state index contributed by atoms with van der Waals surface area (Å²) >= 11 is 0. The second-order valence-electron chi connectivity index (χ2n) is 14.5. The van der Waals surface area contributed by atoms with Gasteiger partial charge in [-0.1, -0.05) is 48.0 Å². The normalized spacial score (nSPS) is 21.9. The van der Waals surface area contributed by atoms with E-state index in [0.717, 1.165) is 57.7 Å². The summed E-state index contributed by atoms with van der Waals surface area (Å²) < 4.78 is 16.8. The lowest BCUT2D eigenvalue weighted by atomic mass is 9.83. The molecule has 2 N–H and O–H groups in total. The molecule has 2 aliphatic rings. The van der Waals surface area contributed by atoms with Crippen LogP contribution in [0, 0.1) is 22.7 Å². The van der Waals surface area contributed by atoms with Gasteiger partial charge in [0, 0.05) is 13.1 Å². The van der Waals surface area contributed by atoms with Crippen LogP contribution >= 0.6 is 0 Å². The molecular weight excluding hydrogens is 524 g/mol. The van der Waals surface area contributed by atoms with Crippen LogP contribution in [0.3, 0.4) is 0 Å². The SMILES string of the molecule is CC(C)(C)CNC(C=O)CC(=O)OCC1CCC(COC(=O)CC(NCC(C)(C)C)C(=O)OC2CCCCC2)CC1. The molecule has 0 bridgehead atoms. The Morgan fingerprint density at radius 3 is 1.71 bits per heavy atom. The summed E-state index contributed by atoms with van der Waals surface area (Å²) in [6, 6.07) is -1.25. The molecule has 9 nitrogen and oxygen atoms in total. The van der Waals surface area contributed by atoms with Gasteiger partial charge in [0.1, 0.15) is 18.4 Å². The van der Waals surface area contributed by atoms with Crippen LogP contribution in [0.2, 0.25) is 0 Å². The van der Waals surface area contributed by atoms with Crippen molar-refractivity contribution in [3.63, 3.8) is 0 Å². The number of carbonyl (C=O) groups excluding carboxylic acids is 4. The predicted molar refractivity (Wildman–Crippen MR) is 158 cm³/mol. The van der Waals surface area contributed by atoms with Crippen molar-refractivity contribution in [2.45, 2.75) is 130 Å². The fourth-order valence-electron chi connectivity index (χ4n) is 5.15. The predicted octanol–water partition coefficient (Wildman–Crippen LogP) is 4.74. The number of aldehydes is 1. The number of nitrogens with one attached hydrogen (secondary N) is 2. The Balaban J connectivity index is 1.70. The summed E-state index contributed by atoms with van der Waals surface area (Å²) in [6.45, 7) is 14.3. The quantitative estimate of drug-likeness (QED) is 0.161. The van der Waals surface area contributed by atoms with E-state index in [4.69, 9.17) is 14.2 Å². The van der Waals surface area contributed by atoms with Crippen LogP contribution in [0.1, 0.15) is 112 Å². The molecule has 0 amide bonds. The fraction of sp³-hybridized carbons (Fsp3) is 0.875. The van der Waals surface area contributed by atoms with Gasteiger partial charge < -0.3 is 29.6 Å². The smallest absolute Gasteiger partial charge is 0.324 e. The molecule has 0 aromatic carbocycles. The molecule has 41 heavy (non-hydrogen) atoms. The van der Waals surface area contributed by atoms with Crippen molar-refractivity contribution in [3.05, 3.63) is 0 Å². The first-order chi connectivity index (χ1) is 19.2. The number of hydrogen-bond donors (Lipinski definition) is 2. The van der Waals surface area contributed by atoms with Gasteiger partial charge >= 0.3 is 17.9 Å². The van der Waals surface area contributed by atoms with Crippen LogP contribution in [0.25, 0.3) is 0 Å². The van der Waals surface area contributed by atoms with E-state index in [0.29, 0.717) is 26.3 Å². The number of hydrogen-bond acceptors (Lipinski definition) is 9. The molecule has 0 radical (unpaired) electrons. The first kappa shape index (κ1) is 35.2. The van der Waals surface area contributed by atoms with E-state index >= 15 is 0 Å². The fourth-order valence-corrected chi connectivity index (χ4v) is 5.15. The molecule has 236 valence electrons. The van der Waals surface area contributed by atoms with Crippen molar-refractivity contribution < 1.29 is 33.4 Å². The maximum atomic E-state index is 12.9. The lowest BCUT2D eigenvalue weighted by Gasteiger charge is -2.29. The van der Waals surface area contributed by atoms with E-state index in [9.17, 15) is 19.2 Å². The van der Waals surface area contributed by atoms with Crippen LogP contribution in [-0.4, -0.2) is 68.7 Å². The first-order valence-corrected chi connectivity index (χ1v) is 15.7. The monoisotopic (exact) mass is 580 g/mol. The summed E-state index contributed by atoms with van der Waals surface area (Å²) in [5.41, 5.74) is -0.0249. The van der Waals surface area contributed by atoms with Gasteiger partial charge in [-0.2, -0.15) is 0 Å². The molecule has 0 spiro atoms. The Kier molecular flexibility index (Phi) is 14.8. The van der Waals surface area contributed by atoms with Gasteiger partial charge in [-0.05, 0) is 74.0 Å². The van der Waals surface area contributed by atoms with Crippen molar-refractivity contribution in [1.82, 2.24) is 10.6 Å². The van der Waals surface area contributed by atoms with E-state index in [1.54, 1.807) is 0 Å². The maximum Gasteiger partial charge on any atom is 0.324 e. The highest BCUT2D eigenvalue weighted by Crippen LogP contribution is 2.29. The van der Waals surface area contributed by atoms with Crippen molar-refractivity contribution in [2.24, 2.45) is 22.7 Å². The molecule has 0 saturated heterocycles. The molecule has 2 fully saturated rings. The second kappa shape index (κ2) is 17.2. The van der Waals surface area contributed by atoms with Gasteiger partial charge in [0.25, 0.3) is 0 Å². The number of rotatable bonds is 15. The maximum absolute atomic E-state index is 12.9. The largest absolute Gasteiger partial charge is 0.465 e. The molecule has 2 saturated carbocycles. The summed E-state index contributed by atoms with van der Waals surface area (Å²) in [4.78, 5) is 49.2. The highest BCUT2D eigenvalue weighted by Gasteiger charge is 2.30. The topological polar surface area (TPSA) is 120 Å². The van der Waals surface area contributed by atoms with Crippen molar-refractivity contribution in [3.8, 4) is 0 Å². The minimum absolute atomic E-state index is 0.0172. The van der Waals surface area contributed by atoms with Gasteiger partial charge in [0.2, 0.25) is 0 Å². The van der Waals surface area contributed by atoms with Crippen LogP contribution in [0.4, 0.5) is 0 Å². The molecular formula is C32H56N2O7. The van der Waals surface area contributed by atoms with Crippen molar-refractivity contribution in [1.29, 1.82) is 0 Å². The minimum atomic E-state index is -0.712. The van der Waals surface area contributed by atoms with Gasteiger partial charge in [-0.15, -0.1) is 0 Å². The Labute approximate surface area is 247 Å². The average Bonchev–Trinajstić information content (AvgIpc) is 2.91. The zero-order valence-electron chi connectivity index (χ0n) is 26.4. The summed E-state index contributed by atoms with van der Waals surface area (Å²) in [6.07, 6.45) is 9.33.